The van der Waals surface area contributed by atoms with Gasteiger partial charge >= 0.3 is 0 Å². The summed E-state index contributed by atoms with van der Waals surface area (Å²) in [5.74, 6) is 0. The fourth-order valence-corrected chi connectivity index (χ4v) is 3.26. The van der Waals surface area contributed by atoms with Crippen LogP contribution in [0, 0.1) is 6.92 Å². The van der Waals surface area contributed by atoms with E-state index < -0.39 is 0 Å². The minimum Gasteiger partial charge on any atom is -0.369 e. The largest absolute Gasteiger partial charge is 0.369 e. The van der Waals surface area contributed by atoms with E-state index in [0.29, 0.717) is 6.54 Å². The van der Waals surface area contributed by atoms with E-state index in [1.807, 2.05) is 6.07 Å². The van der Waals surface area contributed by atoms with Crippen molar-refractivity contribution < 1.29 is 0 Å². The minimum atomic E-state index is 0.698. The third-order valence-corrected chi connectivity index (χ3v) is 4.42. The van der Waals surface area contributed by atoms with E-state index >= 15 is 0 Å². The Morgan fingerprint density at radius 2 is 2.05 bits per heavy atom. The van der Waals surface area contributed by atoms with E-state index in [2.05, 4.69) is 43.1 Å². The van der Waals surface area contributed by atoms with Crippen molar-refractivity contribution in [3.63, 3.8) is 0 Å². The van der Waals surface area contributed by atoms with Gasteiger partial charge in [-0.2, -0.15) is 0 Å². The number of nitrogens with two attached hydrogens (primary N) is 1. The van der Waals surface area contributed by atoms with E-state index in [9.17, 15) is 0 Å². The average molecular weight is 295 g/mol. The number of thiophene rings is 1. The Morgan fingerprint density at radius 3 is 2.63 bits per heavy atom. The molecule has 4 heteroatoms. The van der Waals surface area contributed by atoms with Gasteiger partial charge in [-0.1, -0.05) is 17.7 Å². The third-order valence-electron chi connectivity index (χ3n) is 3.20. The Balaban J connectivity index is 2.10. The molecule has 2 rings (SSSR count). The Morgan fingerprint density at radius 1 is 1.26 bits per heavy atom. The summed E-state index contributed by atoms with van der Waals surface area (Å²) in [5, 5.41) is 0. The molecule has 0 saturated heterocycles. The summed E-state index contributed by atoms with van der Waals surface area (Å²) >= 11 is 7.59. The molecule has 2 N–H and O–H groups in total. The summed E-state index contributed by atoms with van der Waals surface area (Å²) in [5.41, 5.74) is 9.47. The monoisotopic (exact) mass is 294 g/mol. The Bertz CT molecular complexity index is 551. The zero-order valence-corrected chi connectivity index (χ0v) is 12.9. The summed E-state index contributed by atoms with van der Waals surface area (Å²) in [6, 6.07) is 10.6. The van der Waals surface area contributed by atoms with Crippen molar-refractivity contribution in [1.82, 2.24) is 0 Å². The Hall–Kier alpha value is -1.03. The second kappa shape index (κ2) is 6.42. The molecule has 1 aromatic carbocycles. The maximum absolute atomic E-state index is 5.96. The van der Waals surface area contributed by atoms with Gasteiger partial charge in [0.1, 0.15) is 0 Å². The van der Waals surface area contributed by atoms with E-state index in [1.165, 1.54) is 21.7 Å². The smallest absolute Gasteiger partial charge is 0.0931 e. The number of hydrogen-bond donors (Lipinski definition) is 1. The number of nitrogens with zero attached hydrogens (tertiary/aromatic N) is 1. The molecule has 0 aliphatic carbocycles. The Labute approximate surface area is 123 Å². The van der Waals surface area contributed by atoms with E-state index in [4.69, 9.17) is 17.3 Å². The lowest BCUT2D eigenvalue weighted by Crippen LogP contribution is -2.16. The number of aryl methyl sites for hydroxylation is 1. The standard InChI is InChI=1S/C15H19ClN2S/c1-11-9-13(4-3-12(11)7-8-17)18(2)10-14-5-6-15(16)19-14/h3-6,9H,7-8,10,17H2,1-2H3. The molecule has 0 bridgehead atoms. The molecule has 0 fully saturated rings. The molecular weight excluding hydrogens is 276 g/mol. The van der Waals surface area contributed by atoms with Crippen LogP contribution >= 0.6 is 22.9 Å². The van der Waals surface area contributed by atoms with Crippen molar-refractivity contribution in [2.24, 2.45) is 5.73 Å². The summed E-state index contributed by atoms with van der Waals surface area (Å²) in [7, 11) is 2.10. The van der Waals surface area contributed by atoms with Crippen LogP contribution in [0.2, 0.25) is 4.34 Å². The normalized spacial score (nSPS) is 10.7. The highest BCUT2D eigenvalue weighted by atomic mass is 35.5. The van der Waals surface area contributed by atoms with E-state index in [0.717, 1.165) is 17.3 Å². The van der Waals surface area contributed by atoms with Crippen LogP contribution < -0.4 is 10.6 Å². The number of halogens is 1. The molecule has 0 spiro atoms. The molecule has 0 atom stereocenters. The summed E-state index contributed by atoms with van der Waals surface area (Å²) in [6.45, 7) is 3.72. The first-order chi connectivity index (χ1) is 9.10. The summed E-state index contributed by atoms with van der Waals surface area (Å²) < 4.78 is 0.845. The van der Waals surface area contributed by atoms with Gasteiger partial charge in [0.2, 0.25) is 0 Å². The van der Waals surface area contributed by atoms with Gasteiger partial charge in [0, 0.05) is 17.6 Å². The predicted molar refractivity (Wildman–Crippen MR) is 85.4 cm³/mol. The highest BCUT2D eigenvalue weighted by molar-refractivity contribution is 7.16. The van der Waals surface area contributed by atoms with Crippen LogP contribution in [0.3, 0.4) is 0 Å². The van der Waals surface area contributed by atoms with Crippen LogP contribution in [-0.4, -0.2) is 13.6 Å². The molecule has 19 heavy (non-hydrogen) atoms. The van der Waals surface area contributed by atoms with Crippen LogP contribution in [0.25, 0.3) is 0 Å². The van der Waals surface area contributed by atoms with Crippen molar-refractivity contribution in [2.75, 3.05) is 18.5 Å². The molecule has 0 radical (unpaired) electrons. The zero-order chi connectivity index (χ0) is 13.8. The highest BCUT2D eigenvalue weighted by Crippen LogP contribution is 2.25. The van der Waals surface area contributed by atoms with Gasteiger partial charge in [0.15, 0.2) is 0 Å². The first-order valence-electron chi connectivity index (χ1n) is 6.35. The zero-order valence-electron chi connectivity index (χ0n) is 11.3. The SMILES string of the molecule is Cc1cc(N(C)Cc2ccc(Cl)s2)ccc1CCN. The molecule has 2 nitrogen and oxygen atoms in total. The lowest BCUT2D eigenvalue weighted by Gasteiger charge is -2.20. The molecule has 0 aliphatic rings. The molecule has 102 valence electrons. The van der Waals surface area contributed by atoms with Gasteiger partial charge in [-0.15, -0.1) is 11.3 Å². The highest BCUT2D eigenvalue weighted by Gasteiger charge is 2.06. The second-order valence-corrected chi connectivity index (χ2v) is 6.51. The van der Waals surface area contributed by atoms with Gasteiger partial charge in [0.25, 0.3) is 0 Å². The molecule has 0 unspecified atom stereocenters. The van der Waals surface area contributed by atoms with Crippen LogP contribution in [-0.2, 0) is 13.0 Å². The number of hydrogen-bond acceptors (Lipinski definition) is 3. The molecule has 1 heterocycles. The van der Waals surface area contributed by atoms with Crippen LogP contribution in [0.4, 0.5) is 5.69 Å². The average Bonchev–Trinajstić information content (AvgIpc) is 2.77. The third kappa shape index (κ3) is 3.72. The fourth-order valence-electron chi connectivity index (χ4n) is 2.12. The van der Waals surface area contributed by atoms with Gasteiger partial charge in [0.05, 0.1) is 10.9 Å². The van der Waals surface area contributed by atoms with Crippen LogP contribution in [0.1, 0.15) is 16.0 Å². The number of rotatable bonds is 5. The molecular formula is C15H19ClN2S. The quantitative estimate of drug-likeness (QED) is 0.907. The van der Waals surface area contributed by atoms with Crippen molar-refractivity contribution in [3.8, 4) is 0 Å². The van der Waals surface area contributed by atoms with Crippen molar-refractivity contribution in [2.45, 2.75) is 19.9 Å². The lowest BCUT2D eigenvalue weighted by atomic mass is 10.0. The van der Waals surface area contributed by atoms with Gasteiger partial charge in [-0.05, 0) is 55.3 Å². The topological polar surface area (TPSA) is 29.3 Å². The van der Waals surface area contributed by atoms with Gasteiger partial charge < -0.3 is 10.6 Å². The Kier molecular flexibility index (Phi) is 4.86. The first kappa shape index (κ1) is 14.4. The first-order valence-corrected chi connectivity index (χ1v) is 7.54. The van der Waals surface area contributed by atoms with Crippen molar-refractivity contribution in [3.05, 3.63) is 50.7 Å². The van der Waals surface area contributed by atoms with Crippen LogP contribution in [0.15, 0.2) is 30.3 Å². The number of anilines is 1. The molecule has 0 aliphatic heterocycles. The lowest BCUT2D eigenvalue weighted by molar-refractivity contribution is 0.928. The summed E-state index contributed by atoms with van der Waals surface area (Å²) in [4.78, 5) is 3.51. The van der Waals surface area contributed by atoms with E-state index in [-0.39, 0.29) is 0 Å². The summed E-state index contributed by atoms with van der Waals surface area (Å²) in [6.07, 6.45) is 0.941. The maximum Gasteiger partial charge on any atom is 0.0931 e. The van der Waals surface area contributed by atoms with Gasteiger partial charge in [-0.3, -0.25) is 0 Å². The van der Waals surface area contributed by atoms with Crippen molar-refractivity contribution >= 4 is 28.6 Å². The van der Waals surface area contributed by atoms with E-state index in [1.54, 1.807) is 11.3 Å². The molecule has 2 aromatic rings. The maximum atomic E-state index is 5.96. The molecule has 1 aromatic heterocycles. The minimum absolute atomic E-state index is 0.698. The predicted octanol–water partition coefficient (Wildman–Crippen LogP) is 3.85. The molecule has 0 amide bonds. The molecule has 0 saturated carbocycles. The number of benzene rings is 1. The van der Waals surface area contributed by atoms with Crippen LogP contribution in [0.5, 0.6) is 0 Å². The van der Waals surface area contributed by atoms with Crippen molar-refractivity contribution in [1.29, 1.82) is 0 Å². The van der Waals surface area contributed by atoms with Gasteiger partial charge in [-0.25, -0.2) is 0 Å². The second-order valence-electron chi connectivity index (χ2n) is 4.71. The fraction of sp³-hybridized carbons (Fsp3) is 0.333.